The Hall–Kier alpha value is -2.55. The summed E-state index contributed by atoms with van der Waals surface area (Å²) in [5.74, 6) is 4.18. The van der Waals surface area contributed by atoms with Gasteiger partial charge in [-0.3, -0.25) is 10.1 Å². The number of aromatic carboxylic acids is 1. The van der Waals surface area contributed by atoms with Crippen LogP contribution in [-0.4, -0.2) is 22.6 Å². The molecule has 94 valence electrons. The van der Waals surface area contributed by atoms with Gasteiger partial charge < -0.3 is 9.84 Å². The number of carboxylic acid groups (broad SMARTS) is 1. The fourth-order valence-electron chi connectivity index (χ4n) is 1.25. The zero-order valence-electron chi connectivity index (χ0n) is 9.67. The van der Waals surface area contributed by atoms with Gasteiger partial charge in [0.2, 0.25) is 0 Å². The van der Waals surface area contributed by atoms with Crippen LogP contribution in [0.15, 0.2) is 18.2 Å². The Labute approximate surface area is 103 Å². The highest BCUT2D eigenvalue weighted by Gasteiger charge is 2.17. The molecule has 1 aromatic carbocycles. The molecule has 0 saturated heterocycles. The van der Waals surface area contributed by atoms with Crippen LogP contribution >= 0.6 is 0 Å². The molecule has 0 atom stereocenters. The maximum absolute atomic E-state index is 10.8. The molecule has 1 N–H and O–H groups in total. The van der Waals surface area contributed by atoms with E-state index >= 15 is 0 Å². The minimum Gasteiger partial charge on any atom is -0.486 e. The summed E-state index contributed by atoms with van der Waals surface area (Å²) in [6.07, 6.45) is 0.422. The van der Waals surface area contributed by atoms with Gasteiger partial charge in [0.1, 0.15) is 0 Å². The second-order valence-electron chi connectivity index (χ2n) is 3.27. The van der Waals surface area contributed by atoms with E-state index in [2.05, 4.69) is 11.8 Å². The largest absolute Gasteiger partial charge is 0.486 e. The Balaban J connectivity index is 2.95. The van der Waals surface area contributed by atoms with Gasteiger partial charge in [0.05, 0.1) is 17.1 Å². The van der Waals surface area contributed by atoms with Crippen LogP contribution < -0.4 is 4.74 Å². The molecule has 0 aromatic heterocycles. The fourth-order valence-corrected chi connectivity index (χ4v) is 1.25. The zero-order valence-corrected chi connectivity index (χ0v) is 9.67. The summed E-state index contributed by atoms with van der Waals surface area (Å²) in [4.78, 5) is 20.9. The lowest BCUT2D eigenvalue weighted by atomic mass is 10.2. The molecule has 0 amide bonds. The first-order valence-corrected chi connectivity index (χ1v) is 5.10. The lowest BCUT2D eigenvalue weighted by Crippen LogP contribution is -2.03. The van der Waals surface area contributed by atoms with Gasteiger partial charge in [-0.15, -0.1) is 11.8 Å². The van der Waals surface area contributed by atoms with E-state index in [0.29, 0.717) is 6.42 Å². The van der Waals surface area contributed by atoms with Gasteiger partial charge in [-0.2, -0.15) is 0 Å². The summed E-state index contributed by atoms with van der Waals surface area (Å²) in [6, 6.07) is 3.42. The number of nitro benzene ring substituents is 1. The highest BCUT2D eigenvalue weighted by molar-refractivity contribution is 5.88. The predicted molar refractivity (Wildman–Crippen MR) is 63.6 cm³/mol. The molecule has 0 bridgehead atoms. The van der Waals surface area contributed by atoms with Gasteiger partial charge >= 0.3 is 11.7 Å². The van der Waals surface area contributed by atoms with E-state index in [1.54, 1.807) is 6.92 Å². The molecule has 0 radical (unpaired) electrons. The Bertz CT molecular complexity index is 527. The van der Waals surface area contributed by atoms with E-state index in [0.717, 1.165) is 12.1 Å². The van der Waals surface area contributed by atoms with Crippen LogP contribution in [0, 0.1) is 22.0 Å². The second-order valence-corrected chi connectivity index (χ2v) is 3.27. The van der Waals surface area contributed by atoms with Crippen LogP contribution in [0.5, 0.6) is 5.75 Å². The molecule has 6 nitrogen and oxygen atoms in total. The molecule has 0 unspecified atom stereocenters. The molecule has 18 heavy (non-hydrogen) atoms. The van der Waals surface area contributed by atoms with E-state index < -0.39 is 10.9 Å². The molecule has 0 aliphatic carbocycles. The molecule has 1 aromatic rings. The van der Waals surface area contributed by atoms with Crippen LogP contribution in [0.25, 0.3) is 0 Å². The quantitative estimate of drug-likeness (QED) is 0.373. The Morgan fingerprint density at radius 2 is 2.28 bits per heavy atom. The average molecular weight is 249 g/mol. The monoisotopic (exact) mass is 249 g/mol. The predicted octanol–water partition coefficient (Wildman–Crippen LogP) is 2.09. The van der Waals surface area contributed by atoms with Crippen LogP contribution in [0.2, 0.25) is 0 Å². The number of carbonyl (C=O) groups is 1. The van der Waals surface area contributed by atoms with Crippen LogP contribution in [0.1, 0.15) is 23.7 Å². The van der Waals surface area contributed by atoms with Gasteiger partial charge in [-0.05, 0) is 13.0 Å². The normalized spacial score (nSPS) is 9.17. The van der Waals surface area contributed by atoms with Gasteiger partial charge in [0.15, 0.2) is 5.75 Å². The van der Waals surface area contributed by atoms with Crippen LogP contribution in [0.4, 0.5) is 5.69 Å². The van der Waals surface area contributed by atoms with Crippen molar-refractivity contribution in [3.8, 4) is 17.6 Å². The van der Waals surface area contributed by atoms with Crippen molar-refractivity contribution in [3.05, 3.63) is 33.9 Å². The summed E-state index contributed by atoms with van der Waals surface area (Å²) in [5.41, 5.74) is -0.318. The molecular formula is C12H11NO5. The highest BCUT2D eigenvalue weighted by Crippen LogP contribution is 2.28. The summed E-state index contributed by atoms with van der Waals surface area (Å²) in [5, 5.41) is 19.5. The fraction of sp³-hybridized carbons (Fsp3) is 0.250. The molecule has 0 saturated carbocycles. The van der Waals surface area contributed by atoms with Crippen molar-refractivity contribution in [2.45, 2.75) is 13.3 Å². The standard InChI is InChI=1S/C12H11NO5/c1-2-3-4-7-18-11-8-9(12(14)15)5-6-10(11)13(16)17/h5-6,8H,4,7H2,1H3,(H,14,15). The topological polar surface area (TPSA) is 89.7 Å². The Morgan fingerprint density at radius 3 is 2.83 bits per heavy atom. The van der Waals surface area contributed by atoms with Gasteiger partial charge in [-0.1, -0.05) is 0 Å². The highest BCUT2D eigenvalue weighted by atomic mass is 16.6. The molecule has 0 spiro atoms. The first-order valence-electron chi connectivity index (χ1n) is 5.10. The Kier molecular flexibility index (Phi) is 4.69. The number of ether oxygens (including phenoxy) is 1. The third-order valence-corrected chi connectivity index (χ3v) is 2.06. The van der Waals surface area contributed by atoms with Crippen molar-refractivity contribution in [1.82, 2.24) is 0 Å². The lowest BCUT2D eigenvalue weighted by Gasteiger charge is -2.05. The molecule has 0 aliphatic rings. The summed E-state index contributed by atoms with van der Waals surface area (Å²) in [7, 11) is 0. The third-order valence-electron chi connectivity index (χ3n) is 2.06. The Morgan fingerprint density at radius 1 is 1.56 bits per heavy atom. The number of rotatable bonds is 5. The summed E-state index contributed by atoms with van der Waals surface area (Å²) in [6.45, 7) is 1.85. The number of hydrogen-bond acceptors (Lipinski definition) is 4. The number of carboxylic acids is 1. The van der Waals surface area contributed by atoms with Crippen molar-refractivity contribution in [2.75, 3.05) is 6.61 Å². The van der Waals surface area contributed by atoms with E-state index in [-0.39, 0.29) is 23.6 Å². The van der Waals surface area contributed by atoms with Gasteiger partial charge in [0.25, 0.3) is 0 Å². The van der Waals surface area contributed by atoms with Crippen molar-refractivity contribution < 1.29 is 19.6 Å². The zero-order chi connectivity index (χ0) is 13.5. The number of benzene rings is 1. The maximum atomic E-state index is 10.8. The first-order chi connectivity index (χ1) is 8.56. The number of hydrogen-bond donors (Lipinski definition) is 1. The van der Waals surface area contributed by atoms with Crippen molar-refractivity contribution in [2.24, 2.45) is 0 Å². The summed E-state index contributed by atoms with van der Waals surface area (Å²) < 4.78 is 5.18. The third kappa shape index (κ3) is 3.49. The maximum Gasteiger partial charge on any atom is 0.335 e. The van der Waals surface area contributed by atoms with Crippen LogP contribution in [0.3, 0.4) is 0 Å². The molecule has 0 aliphatic heterocycles. The first kappa shape index (κ1) is 13.5. The van der Waals surface area contributed by atoms with E-state index in [1.165, 1.54) is 6.07 Å². The van der Waals surface area contributed by atoms with E-state index in [4.69, 9.17) is 9.84 Å². The van der Waals surface area contributed by atoms with E-state index in [1.807, 2.05) is 0 Å². The second kappa shape index (κ2) is 6.25. The summed E-state index contributed by atoms with van der Waals surface area (Å²) >= 11 is 0. The number of nitrogens with zero attached hydrogens (tertiary/aromatic N) is 1. The van der Waals surface area contributed by atoms with Gasteiger partial charge in [0, 0.05) is 18.6 Å². The lowest BCUT2D eigenvalue weighted by molar-refractivity contribution is -0.385. The SMILES string of the molecule is CC#CCCOc1cc(C(=O)O)ccc1[N+](=O)[O-]. The van der Waals surface area contributed by atoms with Gasteiger partial charge in [-0.25, -0.2) is 4.79 Å². The smallest absolute Gasteiger partial charge is 0.335 e. The van der Waals surface area contributed by atoms with Crippen LogP contribution in [-0.2, 0) is 0 Å². The molecule has 0 fully saturated rings. The minimum absolute atomic E-state index is 0.0576. The van der Waals surface area contributed by atoms with E-state index in [9.17, 15) is 14.9 Å². The molecule has 1 rings (SSSR count). The molecular weight excluding hydrogens is 238 g/mol. The number of nitro groups is 1. The molecule has 6 heteroatoms. The van der Waals surface area contributed by atoms with Crippen molar-refractivity contribution in [1.29, 1.82) is 0 Å². The van der Waals surface area contributed by atoms with Crippen molar-refractivity contribution in [3.63, 3.8) is 0 Å². The average Bonchev–Trinajstić information content (AvgIpc) is 2.34. The molecule has 0 heterocycles. The van der Waals surface area contributed by atoms with Crippen molar-refractivity contribution >= 4 is 11.7 Å². The minimum atomic E-state index is -1.16.